The van der Waals surface area contributed by atoms with Crippen molar-refractivity contribution in [3.05, 3.63) is 198 Å². The molecule has 5 heteroatoms. The summed E-state index contributed by atoms with van der Waals surface area (Å²) in [5.74, 6) is 1.94. The molecule has 0 saturated carbocycles. The molecule has 0 saturated heterocycles. The molecule has 0 unspecified atom stereocenters. The van der Waals surface area contributed by atoms with Crippen molar-refractivity contribution in [2.24, 2.45) is 0 Å². The minimum Gasteiger partial charge on any atom is -0.254 e. The molecule has 0 bridgehead atoms. The van der Waals surface area contributed by atoms with Gasteiger partial charge in [0.25, 0.3) is 0 Å². The molecule has 0 atom stereocenters. The third-order valence-corrected chi connectivity index (χ3v) is 9.35. The average molecular weight is 628 g/mol. The van der Waals surface area contributed by atoms with E-state index in [1.54, 1.807) is 0 Å². The van der Waals surface area contributed by atoms with E-state index in [1.165, 1.54) is 11.1 Å². The summed E-state index contributed by atoms with van der Waals surface area (Å²) in [6.07, 6.45) is 3.71. The molecule has 0 N–H and O–H groups in total. The van der Waals surface area contributed by atoms with Crippen LogP contribution < -0.4 is 0 Å². The summed E-state index contributed by atoms with van der Waals surface area (Å²) in [4.78, 5) is 24.3. The lowest BCUT2D eigenvalue weighted by Crippen LogP contribution is -2.28. The van der Waals surface area contributed by atoms with Gasteiger partial charge in [-0.05, 0) is 45.5 Å². The first-order chi connectivity index (χ1) is 24.3. The summed E-state index contributed by atoms with van der Waals surface area (Å²) in [7, 11) is 0. The van der Waals surface area contributed by atoms with Gasteiger partial charge >= 0.3 is 0 Å². The molecule has 0 radical (unpaired) electrons. The number of nitrogens with zero attached hydrogens (tertiary/aromatic N) is 5. The first-order valence-corrected chi connectivity index (χ1v) is 16.3. The lowest BCUT2D eigenvalue weighted by atomic mass is 9.68. The number of rotatable bonds is 6. The highest BCUT2D eigenvalue weighted by atomic mass is 15.0. The molecule has 0 amide bonds. The Morgan fingerprint density at radius 1 is 0.306 bits per heavy atom. The first-order valence-electron chi connectivity index (χ1n) is 16.3. The Bertz CT molecular complexity index is 2310. The topological polar surface area (TPSA) is 64.5 Å². The van der Waals surface area contributed by atoms with E-state index in [0.717, 1.165) is 50.3 Å². The van der Waals surface area contributed by atoms with Crippen LogP contribution in [0.3, 0.4) is 0 Å². The van der Waals surface area contributed by atoms with E-state index >= 15 is 0 Å². The Kier molecular flexibility index (Phi) is 6.95. The Labute approximate surface area is 284 Å². The highest BCUT2D eigenvalue weighted by molar-refractivity contribution is 5.82. The number of aromatic nitrogens is 5. The van der Waals surface area contributed by atoms with Crippen molar-refractivity contribution in [2.45, 2.75) is 5.41 Å². The zero-order chi connectivity index (χ0) is 32.6. The number of pyridine rings is 2. The summed E-state index contributed by atoms with van der Waals surface area (Å²) in [6.45, 7) is 0. The quantitative estimate of drug-likeness (QED) is 0.184. The maximum Gasteiger partial charge on any atom is 0.164 e. The van der Waals surface area contributed by atoms with Crippen molar-refractivity contribution in [1.29, 1.82) is 0 Å². The summed E-state index contributed by atoms with van der Waals surface area (Å²) in [5.41, 5.74) is 11.1. The van der Waals surface area contributed by atoms with E-state index in [1.807, 2.05) is 85.2 Å². The average Bonchev–Trinajstić information content (AvgIpc) is 3.50. The van der Waals surface area contributed by atoms with Crippen molar-refractivity contribution in [2.75, 3.05) is 0 Å². The van der Waals surface area contributed by atoms with Gasteiger partial charge in [0.05, 0.1) is 16.8 Å². The molecule has 0 spiro atoms. The van der Waals surface area contributed by atoms with Crippen LogP contribution >= 0.6 is 0 Å². The lowest BCUT2D eigenvalue weighted by molar-refractivity contribution is 0.765. The fraction of sp³-hybridized carbons (Fsp3) is 0.0227. The van der Waals surface area contributed by atoms with Gasteiger partial charge in [-0.1, -0.05) is 152 Å². The van der Waals surface area contributed by atoms with Crippen LogP contribution in [0.2, 0.25) is 0 Å². The van der Waals surface area contributed by atoms with Crippen molar-refractivity contribution in [3.63, 3.8) is 0 Å². The summed E-state index contributed by atoms with van der Waals surface area (Å²) in [5, 5.41) is 0. The fourth-order valence-corrected chi connectivity index (χ4v) is 7.08. The molecule has 5 nitrogen and oxygen atoms in total. The Hall–Kier alpha value is -6.59. The minimum absolute atomic E-state index is 0.525. The van der Waals surface area contributed by atoms with E-state index in [9.17, 15) is 0 Å². The van der Waals surface area contributed by atoms with Gasteiger partial charge in [0.2, 0.25) is 0 Å². The molecular weight excluding hydrogens is 599 g/mol. The van der Waals surface area contributed by atoms with Crippen LogP contribution in [-0.4, -0.2) is 24.9 Å². The minimum atomic E-state index is -0.525. The Balaban J connectivity index is 1.10. The zero-order valence-corrected chi connectivity index (χ0v) is 26.5. The van der Waals surface area contributed by atoms with Gasteiger partial charge in [0.1, 0.15) is 0 Å². The molecule has 0 fully saturated rings. The molecule has 5 aromatic carbocycles. The molecular formula is C44H29N5. The lowest BCUT2D eigenvalue weighted by Gasteiger charge is -2.33. The van der Waals surface area contributed by atoms with Gasteiger partial charge in [-0.25, -0.2) is 15.0 Å². The molecule has 230 valence electrons. The van der Waals surface area contributed by atoms with E-state index in [0.29, 0.717) is 17.5 Å². The van der Waals surface area contributed by atoms with Gasteiger partial charge in [0, 0.05) is 29.1 Å². The standard InChI is InChI=1S/C44H29N5/c1-4-12-32(13-5-1)41-47-42(33-14-6-2-7-15-33)49-43(48-41)34-22-20-30(21-23-34)31-24-26-36(27-25-31)44(35-16-8-3-9-17-35)37-18-10-28-45-39(37)40-38(44)19-11-29-46-40/h1-29H. The van der Waals surface area contributed by atoms with Crippen LogP contribution in [0.4, 0.5) is 0 Å². The number of benzene rings is 5. The Morgan fingerprint density at radius 2 is 0.673 bits per heavy atom. The molecule has 9 rings (SSSR count). The molecule has 1 aliphatic carbocycles. The molecule has 3 heterocycles. The second kappa shape index (κ2) is 11.9. The van der Waals surface area contributed by atoms with Gasteiger partial charge in [-0.2, -0.15) is 0 Å². The normalized spacial score (nSPS) is 12.7. The number of fused-ring (bicyclic) bond motifs is 3. The van der Waals surface area contributed by atoms with Crippen LogP contribution in [0.1, 0.15) is 22.3 Å². The molecule has 3 aromatic heterocycles. The van der Waals surface area contributed by atoms with Crippen molar-refractivity contribution in [3.8, 4) is 56.7 Å². The molecule has 49 heavy (non-hydrogen) atoms. The molecule has 1 aliphatic rings. The number of hydrogen-bond donors (Lipinski definition) is 0. The van der Waals surface area contributed by atoms with Gasteiger partial charge in [-0.3, -0.25) is 9.97 Å². The molecule has 8 aromatic rings. The van der Waals surface area contributed by atoms with E-state index in [4.69, 9.17) is 24.9 Å². The van der Waals surface area contributed by atoms with Gasteiger partial charge in [-0.15, -0.1) is 0 Å². The maximum atomic E-state index is 4.90. The second-order valence-electron chi connectivity index (χ2n) is 12.1. The SMILES string of the molecule is c1ccc(-c2nc(-c3ccccc3)nc(-c3ccc(-c4ccc(C5(c6ccccc6)c6cccnc6-c6ncccc65)cc4)cc3)n2)cc1. The molecule has 0 aliphatic heterocycles. The van der Waals surface area contributed by atoms with E-state index < -0.39 is 5.41 Å². The zero-order valence-electron chi connectivity index (χ0n) is 26.5. The maximum absolute atomic E-state index is 4.90. The predicted molar refractivity (Wildman–Crippen MR) is 194 cm³/mol. The van der Waals surface area contributed by atoms with Crippen LogP contribution in [-0.2, 0) is 5.41 Å². The highest BCUT2D eigenvalue weighted by Crippen LogP contribution is 2.54. The van der Waals surface area contributed by atoms with Crippen molar-refractivity contribution in [1.82, 2.24) is 24.9 Å². The third-order valence-electron chi connectivity index (χ3n) is 9.35. The smallest absolute Gasteiger partial charge is 0.164 e. The van der Waals surface area contributed by atoms with E-state index in [-0.39, 0.29) is 0 Å². The summed E-state index contributed by atoms with van der Waals surface area (Å²) >= 11 is 0. The van der Waals surface area contributed by atoms with Gasteiger partial charge in [0.15, 0.2) is 17.5 Å². The van der Waals surface area contributed by atoms with E-state index in [2.05, 4.69) is 91.0 Å². The van der Waals surface area contributed by atoms with Crippen molar-refractivity contribution >= 4 is 0 Å². The third kappa shape index (κ3) is 4.83. The summed E-state index contributed by atoms with van der Waals surface area (Å²) < 4.78 is 0. The second-order valence-corrected chi connectivity index (χ2v) is 12.1. The van der Waals surface area contributed by atoms with Crippen LogP contribution in [0.15, 0.2) is 176 Å². The summed E-state index contributed by atoms with van der Waals surface area (Å²) in [6, 6.07) is 56.6. The van der Waals surface area contributed by atoms with Crippen molar-refractivity contribution < 1.29 is 0 Å². The number of hydrogen-bond acceptors (Lipinski definition) is 5. The fourth-order valence-electron chi connectivity index (χ4n) is 7.08. The largest absolute Gasteiger partial charge is 0.254 e. The first kappa shape index (κ1) is 28.6. The highest BCUT2D eigenvalue weighted by Gasteiger charge is 2.47. The Morgan fingerprint density at radius 3 is 1.14 bits per heavy atom. The van der Waals surface area contributed by atoms with Crippen LogP contribution in [0.5, 0.6) is 0 Å². The van der Waals surface area contributed by atoms with Crippen LogP contribution in [0, 0.1) is 0 Å². The van der Waals surface area contributed by atoms with Gasteiger partial charge < -0.3 is 0 Å². The monoisotopic (exact) mass is 627 g/mol. The van der Waals surface area contributed by atoms with Crippen LogP contribution in [0.25, 0.3) is 56.7 Å². The predicted octanol–water partition coefficient (Wildman–Crippen LogP) is 9.69.